The molecule has 0 bridgehead atoms. The quantitative estimate of drug-likeness (QED) is 0.726. The molecule has 6 heteroatoms. The zero-order chi connectivity index (χ0) is 14.5. The Hall–Kier alpha value is -1.30. The number of hydrogen-bond donors (Lipinski definition) is 3. The average Bonchev–Trinajstić information content (AvgIpc) is 2.39. The molecule has 0 atom stereocenters. The van der Waals surface area contributed by atoms with Crippen LogP contribution in [0.2, 0.25) is 5.02 Å². The topological polar surface area (TPSA) is 78.8 Å². The third kappa shape index (κ3) is 4.70. The molecule has 0 spiro atoms. The second kappa shape index (κ2) is 6.75. The fourth-order valence-electron chi connectivity index (χ4n) is 1.37. The molecule has 1 aromatic rings. The average molecular weight is 288 g/mol. The van der Waals surface area contributed by atoms with Crippen LogP contribution in [0.4, 0.5) is 0 Å². The van der Waals surface area contributed by atoms with Crippen molar-refractivity contribution in [3.8, 4) is 5.75 Å². The van der Waals surface area contributed by atoms with Crippen LogP contribution in [-0.2, 0) is 4.79 Å². The molecule has 5 nitrogen and oxygen atoms in total. The number of halogens is 1. The minimum absolute atomic E-state index is 0.237. The Labute approximate surface area is 117 Å². The van der Waals surface area contributed by atoms with Gasteiger partial charge >= 0.3 is 0 Å². The molecule has 1 aromatic carbocycles. The molecule has 0 aromatic heterocycles. The first-order valence-electron chi connectivity index (χ1n) is 5.82. The summed E-state index contributed by atoms with van der Waals surface area (Å²) >= 11 is 5.93. The molecular formula is C13H18ClNO4. The molecule has 0 radical (unpaired) electrons. The number of ether oxygens (including phenoxy) is 1. The Kier molecular flexibility index (Phi) is 5.60. The Morgan fingerprint density at radius 1 is 1.42 bits per heavy atom. The van der Waals surface area contributed by atoms with Crippen molar-refractivity contribution in [3.63, 3.8) is 0 Å². The number of nitrogens with one attached hydrogen (secondary N) is 1. The molecule has 3 N–H and O–H groups in total. The van der Waals surface area contributed by atoms with E-state index < -0.39 is 11.4 Å². The second-order valence-corrected chi connectivity index (χ2v) is 5.05. The van der Waals surface area contributed by atoms with Crippen LogP contribution >= 0.6 is 11.6 Å². The normalized spacial score (nSPS) is 11.2. The van der Waals surface area contributed by atoms with Crippen LogP contribution in [-0.4, -0.2) is 41.5 Å². The van der Waals surface area contributed by atoms with Crippen LogP contribution in [0.1, 0.15) is 12.5 Å². The highest BCUT2D eigenvalue weighted by Crippen LogP contribution is 2.25. The lowest BCUT2D eigenvalue weighted by atomic mass is 10.1. The SMILES string of the molecule is Cc1ccc(Cl)c(OCC(=O)NC(C)(CO)CO)c1. The highest BCUT2D eigenvalue weighted by molar-refractivity contribution is 6.32. The summed E-state index contributed by atoms with van der Waals surface area (Å²) in [5.41, 5.74) is -0.0908. The Morgan fingerprint density at radius 3 is 2.63 bits per heavy atom. The number of amides is 1. The van der Waals surface area contributed by atoms with E-state index in [1.807, 2.05) is 13.0 Å². The highest BCUT2D eigenvalue weighted by Gasteiger charge is 2.24. The van der Waals surface area contributed by atoms with Gasteiger partial charge in [-0.25, -0.2) is 0 Å². The summed E-state index contributed by atoms with van der Waals surface area (Å²) in [6, 6.07) is 5.26. The maximum atomic E-state index is 11.6. The molecule has 19 heavy (non-hydrogen) atoms. The summed E-state index contributed by atoms with van der Waals surface area (Å²) in [5.74, 6) is -0.0188. The van der Waals surface area contributed by atoms with Gasteiger partial charge in [0.2, 0.25) is 0 Å². The minimum atomic E-state index is -1.06. The van der Waals surface area contributed by atoms with Crippen molar-refractivity contribution in [1.82, 2.24) is 5.32 Å². The van der Waals surface area contributed by atoms with Crippen molar-refractivity contribution in [2.24, 2.45) is 0 Å². The molecule has 0 aliphatic carbocycles. The van der Waals surface area contributed by atoms with Gasteiger partial charge in [-0.15, -0.1) is 0 Å². The molecule has 106 valence electrons. The van der Waals surface area contributed by atoms with Crippen LogP contribution < -0.4 is 10.1 Å². The number of rotatable bonds is 6. The number of carbonyl (C=O) groups excluding carboxylic acids is 1. The van der Waals surface area contributed by atoms with Gasteiger partial charge < -0.3 is 20.3 Å². The zero-order valence-electron chi connectivity index (χ0n) is 10.9. The van der Waals surface area contributed by atoms with Gasteiger partial charge in [-0.2, -0.15) is 0 Å². The third-order valence-corrected chi connectivity index (χ3v) is 2.90. The predicted molar refractivity (Wildman–Crippen MR) is 72.4 cm³/mol. The Morgan fingerprint density at radius 2 is 2.05 bits per heavy atom. The van der Waals surface area contributed by atoms with Crippen LogP contribution in [0.5, 0.6) is 5.75 Å². The van der Waals surface area contributed by atoms with Gasteiger partial charge in [-0.3, -0.25) is 4.79 Å². The summed E-state index contributed by atoms with van der Waals surface area (Å²) in [5, 5.41) is 21.0. The van der Waals surface area contributed by atoms with E-state index in [4.69, 9.17) is 26.6 Å². The number of aliphatic hydroxyl groups is 2. The Balaban J connectivity index is 2.57. The van der Waals surface area contributed by atoms with Crippen molar-refractivity contribution >= 4 is 17.5 Å². The highest BCUT2D eigenvalue weighted by atomic mass is 35.5. The smallest absolute Gasteiger partial charge is 0.258 e. The van der Waals surface area contributed by atoms with E-state index in [9.17, 15) is 4.79 Å². The van der Waals surface area contributed by atoms with Gasteiger partial charge in [0.15, 0.2) is 6.61 Å². The molecule has 0 fully saturated rings. The van der Waals surface area contributed by atoms with E-state index in [1.54, 1.807) is 12.1 Å². The summed E-state index contributed by atoms with van der Waals surface area (Å²) in [6.07, 6.45) is 0. The zero-order valence-corrected chi connectivity index (χ0v) is 11.7. The number of aliphatic hydroxyl groups excluding tert-OH is 2. The summed E-state index contributed by atoms with van der Waals surface area (Å²) in [6.45, 7) is 2.46. The first-order valence-corrected chi connectivity index (χ1v) is 6.20. The van der Waals surface area contributed by atoms with E-state index in [0.717, 1.165) is 5.56 Å². The van der Waals surface area contributed by atoms with Gasteiger partial charge in [0.25, 0.3) is 5.91 Å². The fourth-order valence-corrected chi connectivity index (χ4v) is 1.54. The molecular weight excluding hydrogens is 270 g/mol. The fraction of sp³-hybridized carbons (Fsp3) is 0.462. The van der Waals surface area contributed by atoms with Gasteiger partial charge in [-0.1, -0.05) is 17.7 Å². The van der Waals surface area contributed by atoms with E-state index >= 15 is 0 Å². The summed E-state index contributed by atoms with van der Waals surface area (Å²) < 4.78 is 5.31. The number of aryl methyl sites for hydroxylation is 1. The maximum absolute atomic E-state index is 11.6. The van der Waals surface area contributed by atoms with Crippen molar-refractivity contribution in [2.75, 3.05) is 19.8 Å². The van der Waals surface area contributed by atoms with Crippen molar-refractivity contribution < 1.29 is 19.7 Å². The monoisotopic (exact) mass is 287 g/mol. The maximum Gasteiger partial charge on any atom is 0.258 e. The van der Waals surface area contributed by atoms with Crippen molar-refractivity contribution in [1.29, 1.82) is 0 Å². The second-order valence-electron chi connectivity index (χ2n) is 4.65. The van der Waals surface area contributed by atoms with Crippen LogP contribution in [0.25, 0.3) is 0 Å². The molecule has 0 saturated carbocycles. The molecule has 1 amide bonds. The van der Waals surface area contributed by atoms with Gasteiger partial charge in [0.05, 0.1) is 23.8 Å². The number of hydrogen-bond acceptors (Lipinski definition) is 4. The van der Waals surface area contributed by atoms with E-state index in [0.29, 0.717) is 10.8 Å². The van der Waals surface area contributed by atoms with Gasteiger partial charge in [0, 0.05) is 0 Å². The largest absolute Gasteiger partial charge is 0.482 e. The summed E-state index contributed by atoms with van der Waals surface area (Å²) in [7, 11) is 0. The minimum Gasteiger partial charge on any atom is -0.482 e. The van der Waals surface area contributed by atoms with Crippen LogP contribution in [0.15, 0.2) is 18.2 Å². The van der Waals surface area contributed by atoms with Crippen molar-refractivity contribution in [3.05, 3.63) is 28.8 Å². The van der Waals surface area contributed by atoms with Crippen molar-refractivity contribution in [2.45, 2.75) is 19.4 Å². The lowest BCUT2D eigenvalue weighted by Gasteiger charge is -2.26. The molecule has 0 unspecified atom stereocenters. The van der Waals surface area contributed by atoms with Gasteiger partial charge in [0.1, 0.15) is 5.75 Å². The number of benzene rings is 1. The Bertz CT molecular complexity index is 446. The van der Waals surface area contributed by atoms with E-state index in [-0.39, 0.29) is 19.8 Å². The molecule has 1 rings (SSSR count). The predicted octanol–water partition coefficient (Wildman–Crippen LogP) is 0.887. The first-order chi connectivity index (χ1) is 8.90. The van der Waals surface area contributed by atoms with Crippen LogP contribution in [0.3, 0.4) is 0 Å². The molecule has 0 saturated heterocycles. The number of carbonyl (C=O) groups is 1. The molecule has 0 heterocycles. The third-order valence-electron chi connectivity index (χ3n) is 2.58. The van der Waals surface area contributed by atoms with Crippen LogP contribution in [0, 0.1) is 6.92 Å². The molecule has 0 aliphatic rings. The van der Waals surface area contributed by atoms with Gasteiger partial charge in [-0.05, 0) is 31.5 Å². The van der Waals surface area contributed by atoms with E-state index in [1.165, 1.54) is 6.92 Å². The standard InChI is InChI=1S/C13H18ClNO4/c1-9-3-4-10(14)11(5-9)19-6-12(18)15-13(2,7-16)8-17/h3-5,16-17H,6-8H2,1-2H3,(H,15,18). The lowest BCUT2D eigenvalue weighted by molar-refractivity contribution is -0.126. The molecule has 0 aliphatic heterocycles. The van der Waals surface area contributed by atoms with E-state index in [2.05, 4.69) is 5.32 Å². The lowest BCUT2D eigenvalue weighted by Crippen LogP contribution is -2.53. The summed E-state index contributed by atoms with van der Waals surface area (Å²) in [4.78, 5) is 11.6. The first kappa shape index (κ1) is 15.8.